The number of nitrogens with two attached hydrogens (primary N) is 1. The first-order valence-electron chi connectivity index (χ1n) is 6.99. The lowest BCUT2D eigenvalue weighted by atomic mass is 10.1. The molecule has 5 heteroatoms. The second-order valence-corrected chi connectivity index (χ2v) is 4.89. The van der Waals surface area contributed by atoms with E-state index in [4.69, 9.17) is 15.2 Å². The van der Waals surface area contributed by atoms with E-state index in [0.717, 1.165) is 11.3 Å². The standard InChI is InChI=1S/C17H20N2O3/c1-12-11-14(18)5-8-16(12)19-17(20)13-3-6-15(7-4-13)22-10-9-21-2/h3-8,11H,9-10,18H2,1-2H3,(H,19,20). The molecule has 0 aliphatic heterocycles. The Balaban J connectivity index is 2.00. The lowest BCUT2D eigenvalue weighted by molar-refractivity contribution is 0.102. The first-order valence-corrected chi connectivity index (χ1v) is 6.99. The maximum absolute atomic E-state index is 12.2. The van der Waals surface area contributed by atoms with E-state index in [1.807, 2.05) is 13.0 Å². The highest BCUT2D eigenvalue weighted by Gasteiger charge is 2.08. The average Bonchev–Trinajstić information content (AvgIpc) is 2.51. The van der Waals surface area contributed by atoms with Gasteiger partial charge >= 0.3 is 0 Å². The Morgan fingerprint density at radius 1 is 1.14 bits per heavy atom. The minimum atomic E-state index is -0.170. The minimum absolute atomic E-state index is 0.170. The topological polar surface area (TPSA) is 73.6 Å². The van der Waals surface area contributed by atoms with Crippen molar-refractivity contribution in [1.82, 2.24) is 0 Å². The molecule has 0 fully saturated rings. The van der Waals surface area contributed by atoms with Gasteiger partial charge in [0.25, 0.3) is 5.91 Å². The number of methoxy groups -OCH3 is 1. The van der Waals surface area contributed by atoms with Crippen molar-refractivity contribution in [2.24, 2.45) is 0 Å². The molecule has 1 amide bonds. The molecular weight excluding hydrogens is 280 g/mol. The third kappa shape index (κ3) is 4.23. The summed E-state index contributed by atoms with van der Waals surface area (Å²) in [5, 5.41) is 2.87. The fourth-order valence-electron chi connectivity index (χ4n) is 1.97. The van der Waals surface area contributed by atoms with Crippen LogP contribution in [0.15, 0.2) is 42.5 Å². The smallest absolute Gasteiger partial charge is 0.255 e. The van der Waals surface area contributed by atoms with Crippen LogP contribution in [0.1, 0.15) is 15.9 Å². The third-order valence-corrected chi connectivity index (χ3v) is 3.17. The molecule has 2 aromatic rings. The Morgan fingerprint density at radius 2 is 1.86 bits per heavy atom. The summed E-state index contributed by atoms with van der Waals surface area (Å²) >= 11 is 0. The molecule has 0 aliphatic rings. The van der Waals surface area contributed by atoms with E-state index >= 15 is 0 Å². The largest absolute Gasteiger partial charge is 0.491 e. The number of carbonyl (C=O) groups excluding carboxylic acids is 1. The highest BCUT2D eigenvalue weighted by atomic mass is 16.5. The Hall–Kier alpha value is -2.53. The molecule has 116 valence electrons. The number of carbonyl (C=O) groups is 1. The fraction of sp³-hybridized carbons (Fsp3) is 0.235. The van der Waals surface area contributed by atoms with Gasteiger partial charge in [-0.2, -0.15) is 0 Å². The van der Waals surface area contributed by atoms with Crippen LogP contribution < -0.4 is 15.8 Å². The van der Waals surface area contributed by atoms with Gasteiger partial charge in [0.05, 0.1) is 6.61 Å². The Labute approximate surface area is 130 Å². The predicted octanol–water partition coefficient (Wildman–Crippen LogP) is 2.85. The van der Waals surface area contributed by atoms with Crippen LogP contribution in [-0.4, -0.2) is 26.2 Å². The number of nitrogens with one attached hydrogen (secondary N) is 1. The number of amides is 1. The quantitative estimate of drug-likeness (QED) is 0.635. The van der Waals surface area contributed by atoms with Crippen LogP contribution in [0.2, 0.25) is 0 Å². The van der Waals surface area contributed by atoms with Crippen LogP contribution in [0.3, 0.4) is 0 Å². The number of ether oxygens (including phenoxy) is 2. The van der Waals surface area contributed by atoms with Crippen molar-refractivity contribution in [2.45, 2.75) is 6.92 Å². The van der Waals surface area contributed by atoms with Gasteiger partial charge in [-0.15, -0.1) is 0 Å². The molecule has 2 rings (SSSR count). The molecular formula is C17H20N2O3. The lowest BCUT2D eigenvalue weighted by Gasteiger charge is -2.10. The average molecular weight is 300 g/mol. The van der Waals surface area contributed by atoms with Crippen LogP contribution in [0.5, 0.6) is 5.75 Å². The summed E-state index contributed by atoms with van der Waals surface area (Å²) in [6, 6.07) is 12.4. The SMILES string of the molecule is COCCOc1ccc(C(=O)Nc2ccc(N)cc2C)cc1. The summed E-state index contributed by atoms with van der Waals surface area (Å²) in [5.41, 5.74) is 8.61. The summed E-state index contributed by atoms with van der Waals surface area (Å²) in [4.78, 5) is 12.2. The Bertz CT molecular complexity index is 639. The van der Waals surface area contributed by atoms with Crippen molar-refractivity contribution in [2.75, 3.05) is 31.4 Å². The number of hydrogen-bond donors (Lipinski definition) is 2. The third-order valence-electron chi connectivity index (χ3n) is 3.17. The van der Waals surface area contributed by atoms with Gasteiger partial charge in [0, 0.05) is 24.0 Å². The molecule has 0 spiro atoms. The van der Waals surface area contributed by atoms with Crippen molar-refractivity contribution in [3.05, 3.63) is 53.6 Å². The number of benzene rings is 2. The van der Waals surface area contributed by atoms with E-state index in [2.05, 4.69) is 5.32 Å². The van der Waals surface area contributed by atoms with E-state index in [1.54, 1.807) is 43.5 Å². The summed E-state index contributed by atoms with van der Waals surface area (Å²) in [6.07, 6.45) is 0. The van der Waals surface area contributed by atoms with Crippen LogP contribution in [0.4, 0.5) is 11.4 Å². The maximum Gasteiger partial charge on any atom is 0.255 e. The molecule has 0 unspecified atom stereocenters. The van der Waals surface area contributed by atoms with Gasteiger partial charge in [-0.3, -0.25) is 4.79 Å². The first-order chi connectivity index (χ1) is 10.6. The van der Waals surface area contributed by atoms with Crippen LogP contribution >= 0.6 is 0 Å². The van der Waals surface area contributed by atoms with E-state index in [-0.39, 0.29) is 5.91 Å². The molecule has 5 nitrogen and oxygen atoms in total. The normalized spacial score (nSPS) is 10.3. The summed E-state index contributed by atoms with van der Waals surface area (Å²) in [7, 11) is 1.62. The molecule has 0 radical (unpaired) electrons. The van der Waals surface area contributed by atoms with Crippen molar-refractivity contribution in [3.8, 4) is 5.75 Å². The number of aryl methyl sites for hydroxylation is 1. The Morgan fingerprint density at radius 3 is 2.50 bits per heavy atom. The van der Waals surface area contributed by atoms with Gasteiger partial charge in [0.15, 0.2) is 0 Å². The molecule has 22 heavy (non-hydrogen) atoms. The van der Waals surface area contributed by atoms with Gasteiger partial charge in [-0.25, -0.2) is 0 Å². The van der Waals surface area contributed by atoms with Crippen molar-refractivity contribution in [1.29, 1.82) is 0 Å². The molecule has 0 heterocycles. The number of hydrogen-bond acceptors (Lipinski definition) is 4. The number of nitrogen functional groups attached to an aromatic ring is 1. The fourth-order valence-corrected chi connectivity index (χ4v) is 1.97. The second-order valence-electron chi connectivity index (χ2n) is 4.89. The molecule has 0 aliphatic carbocycles. The highest BCUT2D eigenvalue weighted by molar-refractivity contribution is 6.04. The summed E-state index contributed by atoms with van der Waals surface area (Å²) in [5.74, 6) is 0.536. The first kappa shape index (κ1) is 15.9. The zero-order chi connectivity index (χ0) is 15.9. The minimum Gasteiger partial charge on any atom is -0.491 e. The zero-order valence-corrected chi connectivity index (χ0v) is 12.8. The summed E-state index contributed by atoms with van der Waals surface area (Å²) in [6.45, 7) is 2.91. The molecule has 0 saturated carbocycles. The zero-order valence-electron chi connectivity index (χ0n) is 12.8. The second kappa shape index (κ2) is 7.47. The highest BCUT2D eigenvalue weighted by Crippen LogP contribution is 2.19. The number of rotatable bonds is 6. The maximum atomic E-state index is 12.2. The molecule has 0 aromatic heterocycles. The molecule has 0 saturated heterocycles. The van der Waals surface area contributed by atoms with Crippen molar-refractivity contribution < 1.29 is 14.3 Å². The van der Waals surface area contributed by atoms with Gasteiger partial charge in [-0.05, 0) is 55.0 Å². The van der Waals surface area contributed by atoms with E-state index < -0.39 is 0 Å². The van der Waals surface area contributed by atoms with Gasteiger partial charge in [-0.1, -0.05) is 0 Å². The van der Waals surface area contributed by atoms with E-state index in [0.29, 0.717) is 30.2 Å². The van der Waals surface area contributed by atoms with E-state index in [9.17, 15) is 4.79 Å². The van der Waals surface area contributed by atoms with Crippen molar-refractivity contribution >= 4 is 17.3 Å². The molecule has 3 N–H and O–H groups in total. The molecule has 0 atom stereocenters. The van der Waals surface area contributed by atoms with E-state index in [1.165, 1.54) is 0 Å². The molecule has 0 bridgehead atoms. The predicted molar refractivity (Wildman–Crippen MR) is 87.4 cm³/mol. The lowest BCUT2D eigenvalue weighted by Crippen LogP contribution is -2.13. The van der Waals surface area contributed by atoms with Gasteiger partial charge in [0.1, 0.15) is 12.4 Å². The van der Waals surface area contributed by atoms with Crippen LogP contribution in [0, 0.1) is 6.92 Å². The van der Waals surface area contributed by atoms with Crippen LogP contribution in [0.25, 0.3) is 0 Å². The molecule has 2 aromatic carbocycles. The van der Waals surface area contributed by atoms with Crippen LogP contribution in [-0.2, 0) is 4.74 Å². The number of anilines is 2. The van der Waals surface area contributed by atoms with Gasteiger partial charge < -0.3 is 20.5 Å². The Kier molecular flexibility index (Phi) is 5.38. The monoisotopic (exact) mass is 300 g/mol. The van der Waals surface area contributed by atoms with Crippen molar-refractivity contribution in [3.63, 3.8) is 0 Å². The van der Waals surface area contributed by atoms with Gasteiger partial charge in [0.2, 0.25) is 0 Å². The summed E-state index contributed by atoms with van der Waals surface area (Å²) < 4.78 is 10.4.